The fraction of sp³-hybridized carbons (Fsp3) is 0.222. The lowest BCUT2D eigenvalue weighted by Crippen LogP contribution is -2.48. The summed E-state index contributed by atoms with van der Waals surface area (Å²) in [6.45, 7) is 4.91. The minimum atomic E-state index is 0.265. The minimum absolute atomic E-state index is 0.265. The molecule has 6 nitrogen and oxygen atoms in total. The van der Waals surface area contributed by atoms with Gasteiger partial charge in [0, 0.05) is 12.2 Å². The molecule has 2 aromatic rings. The van der Waals surface area contributed by atoms with E-state index >= 15 is 0 Å². The van der Waals surface area contributed by atoms with E-state index in [1.807, 2.05) is 37.3 Å². The van der Waals surface area contributed by atoms with E-state index in [1.54, 1.807) is 0 Å². The number of aryl methyl sites for hydroxylation is 2. The summed E-state index contributed by atoms with van der Waals surface area (Å²) in [6, 6.07) is 11.9. The summed E-state index contributed by atoms with van der Waals surface area (Å²) < 4.78 is 10.7. The maximum atomic E-state index is 5.36. The Labute approximate surface area is 163 Å². The van der Waals surface area contributed by atoms with Crippen LogP contribution in [0.1, 0.15) is 16.7 Å². The number of anilines is 1. The lowest BCUT2D eigenvalue weighted by atomic mass is 10.1. The van der Waals surface area contributed by atoms with Crippen LogP contribution in [0.2, 0.25) is 0 Å². The molecule has 0 fully saturated rings. The van der Waals surface area contributed by atoms with Gasteiger partial charge < -0.3 is 20.1 Å². The molecule has 136 valence electrons. The van der Waals surface area contributed by atoms with Gasteiger partial charge in [-0.15, -0.1) is 0 Å². The summed E-state index contributed by atoms with van der Waals surface area (Å²) in [4.78, 5) is 0. The summed E-state index contributed by atoms with van der Waals surface area (Å²) in [7, 11) is 0. The highest BCUT2D eigenvalue weighted by atomic mass is 32.1. The molecule has 0 amide bonds. The average molecular weight is 389 g/mol. The Hall–Kier alpha value is -2.58. The summed E-state index contributed by atoms with van der Waals surface area (Å²) in [5, 5.41) is 7.11. The molecule has 0 aliphatic carbocycles. The molecule has 0 radical (unpaired) electrons. The Morgan fingerprint density at radius 1 is 0.962 bits per heavy atom. The van der Waals surface area contributed by atoms with Crippen molar-refractivity contribution in [2.24, 2.45) is 0 Å². The molecule has 2 aromatic carbocycles. The third-order valence-electron chi connectivity index (χ3n) is 3.81. The van der Waals surface area contributed by atoms with Gasteiger partial charge in [-0.1, -0.05) is 23.8 Å². The molecule has 0 atom stereocenters. The van der Waals surface area contributed by atoms with E-state index in [2.05, 4.69) is 34.5 Å². The van der Waals surface area contributed by atoms with Gasteiger partial charge in [0.25, 0.3) is 0 Å². The zero-order chi connectivity index (χ0) is 18.5. The van der Waals surface area contributed by atoms with Crippen molar-refractivity contribution in [3.8, 4) is 11.5 Å². The Bertz CT molecular complexity index is 842. The van der Waals surface area contributed by atoms with Crippen LogP contribution < -0.4 is 31.0 Å². The van der Waals surface area contributed by atoms with Crippen LogP contribution in [0.4, 0.5) is 5.69 Å². The molecule has 0 spiro atoms. The zero-order valence-corrected chi connectivity index (χ0v) is 16.1. The number of rotatable bonds is 3. The van der Waals surface area contributed by atoms with Crippen LogP contribution in [0.25, 0.3) is 0 Å². The number of fused-ring (bicyclic) bond motifs is 1. The number of ether oxygens (including phenoxy) is 2. The lowest BCUT2D eigenvalue weighted by Gasteiger charge is -2.15. The van der Waals surface area contributed by atoms with Gasteiger partial charge in [-0.2, -0.15) is 0 Å². The molecule has 1 aliphatic rings. The second-order valence-electron chi connectivity index (χ2n) is 5.89. The molecule has 1 aliphatic heterocycles. The molecule has 0 aromatic heterocycles. The normalized spacial score (nSPS) is 11.6. The molecule has 8 heteroatoms. The van der Waals surface area contributed by atoms with Crippen molar-refractivity contribution in [3.05, 3.63) is 53.1 Å². The molecule has 0 saturated carbocycles. The highest BCUT2D eigenvalue weighted by molar-refractivity contribution is 7.80. The van der Waals surface area contributed by atoms with Gasteiger partial charge >= 0.3 is 0 Å². The SMILES string of the molecule is Cc1ccc(NC(=S)NNC(=S)NCc2ccc3c(c2)OCO3)c(C)c1. The van der Waals surface area contributed by atoms with Crippen LogP contribution >= 0.6 is 24.4 Å². The number of nitrogens with one attached hydrogen (secondary N) is 4. The maximum absolute atomic E-state index is 5.36. The molecule has 1 heterocycles. The van der Waals surface area contributed by atoms with E-state index in [1.165, 1.54) is 5.56 Å². The van der Waals surface area contributed by atoms with Gasteiger partial charge in [-0.05, 0) is 67.6 Å². The van der Waals surface area contributed by atoms with Gasteiger partial charge in [-0.3, -0.25) is 10.9 Å². The highest BCUT2D eigenvalue weighted by Crippen LogP contribution is 2.32. The van der Waals surface area contributed by atoms with Gasteiger partial charge in [-0.25, -0.2) is 0 Å². The zero-order valence-electron chi connectivity index (χ0n) is 14.5. The van der Waals surface area contributed by atoms with Crippen molar-refractivity contribution in [1.29, 1.82) is 0 Å². The third kappa shape index (κ3) is 4.74. The topological polar surface area (TPSA) is 66.6 Å². The standard InChI is InChI=1S/C18H20N4O2S2/c1-11-3-5-14(12(2)7-11)20-18(26)22-21-17(25)19-9-13-4-6-15-16(8-13)24-10-23-15/h3-8H,9-10H2,1-2H3,(H2,19,21,25)(H2,20,22,26). The minimum Gasteiger partial charge on any atom is -0.454 e. The number of hydrogen-bond donors (Lipinski definition) is 4. The average Bonchev–Trinajstić information content (AvgIpc) is 3.08. The van der Waals surface area contributed by atoms with Gasteiger partial charge in [0.2, 0.25) is 6.79 Å². The lowest BCUT2D eigenvalue weighted by molar-refractivity contribution is 0.174. The largest absolute Gasteiger partial charge is 0.454 e. The molecular formula is C18H20N4O2S2. The van der Waals surface area contributed by atoms with E-state index in [4.69, 9.17) is 33.9 Å². The van der Waals surface area contributed by atoms with Crippen molar-refractivity contribution < 1.29 is 9.47 Å². The van der Waals surface area contributed by atoms with Crippen LogP contribution in [-0.2, 0) is 6.54 Å². The Kier molecular flexibility index (Phi) is 5.75. The van der Waals surface area contributed by atoms with Crippen molar-refractivity contribution >= 4 is 40.3 Å². The summed E-state index contributed by atoms with van der Waals surface area (Å²) in [6.07, 6.45) is 0. The molecule has 4 N–H and O–H groups in total. The van der Waals surface area contributed by atoms with E-state index in [-0.39, 0.29) is 6.79 Å². The number of benzene rings is 2. The van der Waals surface area contributed by atoms with E-state index < -0.39 is 0 Å². The Morgan fingerprint density at radius 2 is 1.73 bits per heavy atom. The first-order valence-corrected chi connectivity index (χ1v) is 8.89. The summed E-state index contributed by atoms with van der Waals surface area (Å²) in [5.74, 6) is 1.51. The maximum Gasteiger partial charge on any atom is 0.231 e. The number of hydrazine groups is 1. The number of hydrogen-bond acceptors (Lipinski definition) is 4. The quantitative estimate of drug-likeness (QED) is 0.473. The fourth-order valence-electron chi connectivity index (χ4n) is 2.50. The smallest absolute Gasteiger partial charge is 0.231 e. The Morgan fingerprint density at radius 3 is 2.54 bits per heavy atom. The second kappa shape index (κ2) is 8.20. The summed E-state index contributed by atoms with van der Waals surface area (Å²) >= 11 is 10.5. The van der Waals surface area contributed by atoms with Gasteiger partial charge in [0.05, 0.1) is 0 Å². The molecule has 0 saturated heterocycles. The number of thiocarbonyl (C=S) groups is 2. The monoisotopic (exact) mass is 388 g/mol. The van der Waals surface area contributed by atoms with Crippen LogP contribution in [0.5, 0.6) is 11.5 Å². The van der Waals surface area contributed by atoms with Crippen molar-refractivity contribution in [3.63, 3.8) is 0 Å². The Balaban J connectivity index is 1.43. The fourth-order valence-corrected chi connectivity index (χ4v) is 2.78. The first kappa shape index (κ1) is 18.2. The van der Waals surface area contributed by atoms with Crippen molar-refractivity contribution in [1.82, 2.24) is 16.2 Å². The van der Waals surface area contributed by atoms with Gasteiger partial charge in [0.1, 0.15) is 0 Å². The molecule has 0 bridgehead atoms. The predicted molar refractivity (Wildman–Crippen MR) is 110 cm³/mol. The van der Waals surface area contributed by atoms with Gasteiger partial charge in [0.15, 0.2) is 21.7 Å². The van der Waals surface area contributed by atoms with Crippen LogP contribution in [0, 0.1) is 13.8 Å². The highest BCUT2D eigenvalue weighted by Gasteiger charge is 2.13. The van der Waals surface area contributed by atoms with Crippen molar-refractivity contribution in [2.75, 3.05) is 12.1 Å². The van der Waals surface area contributed by atoms with Crippen LogP contribution in [0.15, 0.2) is 36.4 Å². The molecular weight excluding hydrogens is 368 g/mol. The second-order valence-corrected chi connectivity index (χ2v) is 6.71. The van der Waals surface area contributed by atoms with E-state index in [0.29, 0.717) is 16.8 Å². The van der Waals surface area contributed by atoms with Crippen LogP contribution in [-0.4, -0.2) is 17.0 Å². The van der Waals surface area contributed by atoms with Crippen molar-refractivity contribution in [2.45, 2.75) is 20.4 Å². The molecule has 0 unspecified atom stereocenters. The first-order valence-electron chi connectivity index (χ1n) is 8.08. The molecule has 3 rings (SSSR count). The molecule has 26 heavy (non-hydrogen) atoms. The van der Waals surface area contributed by atoms with E-state index in [0.717, 1.165) is 28.3 Å². The van der Waals surface area contributed by atoms with E-state index in [9.17, 15) is 0 Å². The van der Waals surface area contributed by atoms with Crippen LogP contribution in [0.3, 0.4) is 0 Å². The first-order chi connectivity index (χ1) is 12.5. The summed E-state index contributed by atoms with van der Waals surface area (Å²) in [5.41, 5.74) is 10.1. The predicted octanol–water partition coefficient (Wildman–Crippen LogP) is 2.90. The third-order valence-corrected chi connectivity index (χ3v) is 4.26.